The number of carbonyl (C=O) groups excluding carboxylic acids is 2. The lowest BCUT2D eigenvalue weighted by atomic mass is 10.2. The number of amides is 2. The van der Waals surface area contributed by atoms with Gasteiger partial charge in [0.05, 0.1) is 17.7 Å². The fraction of sp³-hybridized carbons (Fsp3) is 0.400. The van der Waals surface area contributed by atoms with E-state index in [4.69, 9.17) is 11.0 Å². The van der Waals surface area contributed by atoms with Crippen molar-refractivity contribution in [2.75, 3.05) is 18.4 Å². The average Bonchev–Trinajstić information content (AvgIpc) is 2.94. The van der Waals surface area contributed by atoms with Crippen LogP contribution in [0.3, 0.4) is 0 Å². The Kier molecular flexibility index (Phi) is 4.90. The first-order valence-corrected chi connectivity index (χ1v) is 6.93. The zero-order valence-electron chi connectivity index (χ0n) is 11.7. The summed E-state index contributed by atoms with van der Waals surface area (Å²) in [5.74, 6) is -0.463. The number of nitriles is 1. The molecule has 3 N–H and O–H groups in total. The average molecular weight is 286 g/mol. The van der Waals surface area contributed by atoms with E-state index in [1.807, 2.05) is 11.0 Å². The normalized spacial score (nSPS) is 18.1. The van der Waals surface area contributed by atoms with E-state index in [0.717, 1.165) is 19.4 Å². The number of anilines is 1. The second-order valence-corrected chi connectivity index (χ2v) is 5.09. The highest BCUT2D eigenvalue weighted by molar-refractivity contribution is 5.91. The van der Waals surface area contributed by atoms with Crippen LogP contribution in [0.25, 0.3) is 0 Å². The molecule has 0 spiro atoms. The van der Waals surface area contributed by atoms with Crippen LogP contribution >= 0.6 is 0 Å². The Morgan fingerprint density at radius 3 is 3.00 bits per heavy atom. The zero-order valence-corrected chi connectivity index (χ0v) is 11.7. The van der Waals surface area contributed by atoms with E-state index in [-0.39, 0.29) is 17.9 Å². The molecule has 1 aliphatic heterocycles. The highest BCUT2D eigenvalue weighted by Crippen LogP contribution is 2.17. The van der Waals surface area contributed by atoms with Crippen molar-refractivity contribution in [3.8, 4) is 6.07 Å². The molecule has 1 heterocycles. The Morgan fingerprint density at radius 2 is 2.29 bits per heavy atom. The molecule has 1 saturated heterocycles. The van der Waals surface area contributed by atoms with Crippen molar-refractivity contribution in [1.29, 1.82) is 5.26 Å². The lowest BCUT2D eigenvalue weighted by molar-refractivity contribution is -0.123. The number of hydrogen-bond donors (Lipinski definition) is 2. The summed E-state index contributed by atoms with van der Waals surface area (Å²) in [4.78, 5) is 25.1. The molecule has 1 atom stereocenters. The van der Waals surface area contributed by atoms with E-state index in [9.17, 15) is 9.59 Å². The van der Waals surface area contributed by atoms with Gasteiger partial charge in [-0.3, -0.25) is 14.5 Å². The van der Waals surface area contributed by atoms with Crippen LogP contribution in [-0.4, -0.2) is 35.8 Å². The molecule has 0 aliphatic carbocycles. The van der Waals surface area contributed by atoms with Crippen LogP contribution in [0.4, 0.5) is 5.69 Å². The lowest BCUT2D eigenvalue weighted by Gasteiger charge is -2.21. The predicted octanol–water partition coefficient (Wildman–Crippen LogP) is 0.837. The number of carbonyl (C=O) groups is 2. The number of nitrogens with zero attached hydrogens (tertiary/aromatic N) is 2. The van der Waals surface area contributed by atoms with Crippen molar-refractivity contribution < 1.29 is 9.59 Å². The highest BCUT2D eigenvalue weighted by Gasteiger charge is 2.28. The van der Waals surface area contributed by atoms with Gasteiger partial charge in [0.2, 0.25) is 11.8 Å². The molecule has 6 nitrogen and oxygen atoms in total. The summed E-state index contributed by atoms with van der Waals surface area (Å²) in [5, 5.41) is 11.6. The van der Waals surface area contributed by atoms with Gasteiger partial charge in [-0.15, -0.1) is 0 Å². The molecule has 2 amide bonds. The number of benzene rings is 1. The number of likely N-dealkylation sites (tertiary alicyclic amines) is 1. The van der Waals surface area contributed by atoms with Crippen LogP contribution in [-0.2, 0) is 9.59 Å². The van der Waals surface area contributed by atoms with Gasteiger partial charge in [-0.05, 0) is 37.6 Å². The number of nitrogens with two attached hydrogens (primary N) is 1. The molecule has 1 fully saturated rings. The topological polar surface area (TPSA) is 99.2 Å². The summed E-state index contributed by atoms with van der Waals surface area (Å²) in [7, 11) is 0. The molecule has 6 heteroatoms. The molecular weight excluding hydrogens is 268 g/mol. The van der Waals surface area contributed by atoms with Crippen LogP contribution in [0.2, 0.25) is 0 Å². The van der Waals surface area contributed by atoms with Crippen molar-refractivity contribution in [2.45, 2.75) is 25.3 Å². The van der Waals surface area contributed by atoms with Crippen molar-refractivity contribution in [3.05, 3.63) is 29.8 Å². The third-order valence-electron chi connectivity index (χ3n) is 3.59. The van der Waals surface area contributed by atoms with Crippen molar-refractivity contribution in [3.63, 3.8) is 0 Å². The van der Waals surface area contributed by atoms with Crippen LogP contribution in [0.15, 0.2) is 24.3 Å². The van der Waals surface area contributed by atoms with Gasteiger partial charge in [-0.1, -0.05) is 6.07 Å². The minimum absolute atomic E-state index is 0.139. The molecule has 0 bridgehead atoms. The van der Waals surface area contributed by atoms with Gasteiger partial charge in [0, 0.05) is 18.7 Å². The first kappa shape index (κ1) is 15.0. The fourth-order valence-corrected chi connectivity index (χ4v) is 2.55. The predicted molar refractivity (Wildman–Crippen MR) is 78.2 cm³/mol. The largest absolute Gasteiger partial charge is 0.368 e. The van der Waals surface area contributed by atoms with E-state index < -0.39 is 0 Å². The van der Waals surface area contributed by atoms with E-state index in [2.05, 4.69) is 5.32 Å². The number of rotatable bonds is 5. The Balaban J connectivity index is 1.85. The standard InChI is InChI=1S/C15H18N4O2/c16-10-11-3-1-4-12(9-11)18-14(20)6-8-19-7-2-5-13(19)15(17)21/h1,3-4,9,13H,2,5-8H2,(H2,17,21)(H,18,20). The van der Waals surface area contributed by atoms with Crippen LogP contribution in [0.1, 0.15) is 24.8 Å². The van der Waals surface area contributed by atoms with Crippen molar-refractivity contribution >= 4 is 17.5 Å². The summed E-state index contributed by atoms with van der Waals surface area (Å²) in [5.41, 5.74) is 6.44. The van der Waals surface area contributed by atoms with Crippen LogP contribution < -0.4 is 11.1 Å². The van der Waals surface area contributed by atoms with Gasteiger partial charge in [0.15, 0.2) is 0 Å². The van der Waals surface area contributed by atoms with Crippen LogP contribution in [0.5, 0.6) is 0 Å². The third-order valence-corrected chi connectivity index (χ3v) is 3.59. The van der Waals surface area contributed by atoms with Gasteiger partial charge < -0.3 is 11.1 Å². The van der Waals surface area contributed by atoms with E-state index in [1.165, 1.54) is 0 Å². The first-order chi connectivity index (χ1) is 10.1. The minimum atomic E-state index is -0.324. The zero-order chi connectivity index (χ0) is 15.2. The monoisotopic (exact) mass is 286 g/mol. The van der Waals surface area contributed by atoms with E-state index in [0.29, 0.717) is 24.2 Å². The Labute approximate surface area is 123 Å². The van der Waals surface area contributed by atoms with Gasteiger partial charge in [-0.2, -0.15) is 5.26 Å². The molecule has 1 unspecified atom stereocenters. The Hall–Kier alpha value is -2.39. The number of primary amides is 1. The quantitative estimate of drug-likeness (QED) is 0.837. The summed E-state index contributed by atoms with van der Waals surface area (Å²) in [6.07, 6.45) is 1.99. The highest BCUT2D eigenvalue weighted by atomic mass is 16.2. The molecule has 2 rings (SSSR count). The summed E-state index contributed by atoms with van der Waals surface area (Å²) < 4.78 is 0. The third kappa shape index (κ3) is 4.04. The maximum atomic E-state index is 11.9. The number of nitrogens with one attached hydrogen (secondary N) is 1. The van der Waals surface area contributed by atoms with Crippen molar-refractivity contribution in [2.24, 2.45) is 5.73 Å². The first-order valence-electron chi connectivity index (χ1n) is 6.93. The molecule has 1 aliphatic rings. The molecule has 0 radical (unpaired) electrons. The fourth-order valence-electron chi connectivity index (χ4n) is 2.55. The minimum Gasteiger partial charge on any atom is -0.368 e. The molecular formula is C15H18N4O2. The van der Waals surface area contributed by atoms with Gasteiger partial charge in [0.25, 0.3) is 0 Å². The Morgan fingerprint density at radius 1 is 1.48 bits per heavy atom. The second kappa shape index (κ2) is 6.86. The lowest BCUT2D eigenvalue weighted by Crippen LogP contribution is -2.41. The molecule has 110 valence electrons. The van der Waals surface area contributed by atoms with Crippen molar-refractivity contribution in [1.82, 2.24) is 4.90 Å². The van der Waals surface area contributed by atoms with E-state index in [1.54, 1.807) is 24.3 Å². The van der Waals surface area contributed by atoms with Gasteiger partial charge >= 0.3 is 0 Å². The SMILES string of the molecule is N#Cc1cccc(NC(=O)CCN2CCCC2C(N)=O)c1. The molecule has 0 saturated carbocycles. The van der Waals surface area contributed by atoms with Crippen LogP contribution in [0, 0.1) is 11.3 Å². The maximum absolute atomic E-state index is 11.9. The molecule has 0 aromatic heterocycles. The summed E-state index contributed by atoms with van der Waals surface area (Å²) >= 11 is 0. The number of hydrogen-bond acceptors (Lipinski definition) is 4. The van der Waals surface area contributed by atoms with Gasteiger partial charge in [0.1, 0.15) is 0 Å². The smallest absolute Gasteiger partial charge is 0.234 e. The summed E-state index contributed by atoms with van der Waals surface area (Å²) in [6.45, 7) is 1.31. The molecule has 1 aromatic rings. The Bertz CT molecular complexity index is 579. The molecule has 1 aromatic carbocycles. The maximum Gasteiger partial charge on any atom is 0.234 e. The molecule has 21 heavy (non-hydrogen) atoms. The van der Waals surface area contributed by atoms with Gasteiger partial charge in [-0.25, -0.2) is 0 Å². The summed E-state index contributed by atoms with van der Waals surface area (Å²) in [6, 6.07) is 8.53. The second-order valence-electron chi connectivity index (χ2n) is 5.09. The van der Waals surface area contributed by atoms with E-state index >= 15 is 0 Å².